The van der Waals surface area contributed by atoms with Gasteiger partial charge in [-0.15, -0.1) is 0 Å². The van der Waals surface area contributed by atoms with E-state index in [1.807, 2.05) is 0 Å². The van der Waals surface area contributed by atoms with Gasteiger partial charge in [0.25, 0.3) is 0 Å². The standard InChI is InChI=1S/C24H30N2O/c27-17-13-21-18-26(16-14-25-21)15-5-10-24-22-8-3-1-6-19(22)11-12-20-7-2-4-9-23(20)24/h1-4,6-10,21,25,27H,5,11-18H2. The van der Waals surface area contributed by atoms with Gasteiger partial charge < -0.3 is 15.3 Å². The second-order valence-electron chi connectivity index (χ2n) is 7.68. The fourth-order valence-electron chi connectivity index (χ4n) is 4.47. The van der Waals surface area contributed by atoms with Crippen molar-refractivity contribution in [3.8, 4) is 0 Å². The van der Waals surface area contributed by atoms with Gasteiger partial charge in [0, 0.05) is 38.8 Å². The highest BCUT2D eigenvalue weighted by atomic mass is 16.3. The van der Waals surface area contributed by atoms with Crippen molar-refractivity contribution in [1.29, 1.82) is 0 Å². The number of hydrogen-bond donors (Lipinski definition) is 2. The third-order valence-electron chi connectivity index (χ3n) is 5.89. The molecular weight excluding hydrogens is 332 g/mol. The molecule has 2 aliphatic rings. The maximum Gasteiger partial charge on any atom is 0.0446 e. The van der Waals surface area contributed by atoms with Crippen LogP contribution in [0.15, 0.2) is 54.6 Å². The Morgan fingerprint density at radius 3 is 2.33 bits per heavy atom. The van der Waals surface area contributed by atoms with Crippen molar-refractivity contribution in [3.05, 3.63) is 76.9 Å². The average molecular weight is 363 g/mol. The molecule has 1 heterocycles. The van der Waals surface area contributed by atoms with Crippen LogP contribution >= 0.6 is 0 Å². The third kappa shape index (κ3) is 4.32. The smallest absolute Gasteiger partial charge is 0.0446 e. The lowest BCUT2D eigenvalue weighted by atomic mass is 9.93. The van der Waals surface area contributed by atoms with Crippen LogP contribution in [-0.2, 0) is 12.8 Å². The Kier molecular flexibility index (Phi) is 6.03. The molecule has 0 saturated carbocycles. The van der Waals surface area contributed by atoms with Gasteiger partial charge in [0.2, 0.25) is 0 Å². The Hall–Kier alpha value is -1.94. The summed E-state index contributed by atoms with van der Waals surface area (Å²) in [7, 11) is 0. The zero-order chi connectivity index (χ0) is 18.5. The van der Waals surface area contributed by atoms with E-state index in [2.05, 4.69) is 64.8 Å². The highest BCUT2D eigenvalue weighted by molar-refractivity contribution is 5.83. The summed E-state index contributed by atoms with van der Waals surface area (Å²) in [6.07, 6.45) is 6.59. The van der Waals surface area contributed by atoms with Crippen molar-refractivity contribution < 1.29 is 5.11 Å². The van der Waals surface area contributed by atoms with Gasteiger partial charge in [0.15, 0.2) is 0 Å². The SMILES string of the molecule is OCCC1CN(CCC=C2c3ccccc3CCc3ccccc32)CCN1. The first kappa shape index (κ1) is 18.4. The average Bonchev–Trinajstić information content (AvgIpc) is 2.86. The van der Waals surface area contributed by atoms with Gasteiger partial charge >= 0.3 is 0 Å². The lowest BCUT2D eigenvalue weighted by molar-refractivity contribution is 0.175. The van der Waals surface area contributed by atoms with Gasteiger partial charge in [0.05, 0.1) is 0 Å². The predicted molar refractivity (Wildman–Crippen MR) is 112 cm³/mol. The summed E-state index contributed by atoms with van der Waals surface area (Å²) in [5.74, 6) is 0. The summed E-state index contributed by atoms with van der Waals surface area (Å²) in [6.45, 7) is 4.50. The molecule has 1 aliphatic carbocycles. The molecule has 1 atom stereocenters. The topological polar surface area (TPSA) is 35.5 Å². The molecule has 4 rings (SSSR count). The number of aliphatic hydroxyl groups excluding tert-OH is 1. The van der Waals surface area contributed by atoms with Crippen LogP contribution in [0.1, 0.15) is 35.1 Å². The minimum atomic E-state index is 0.267. The van der Waals surface area contributed by atoms with E-state index in [4.69, 9.17) is 0 Å². The van der Waals surface area contributed by atoms with Crippen molar-refractivity contribution in [2.24, 2.45) is 0 Å². The van der Waals surface area contributed by atoms with Gasteiger partial charge in [0.1, 0.15) is 0 Å². The molecule has 2 N–H and O–H groups in total. The molecule has 0 aromatic heterocycles. The van der Waals surface area contributed by atoms with E-state index in [0.29, 0.717) is 6.04 Å². The van der Waals surface area contributed by atoms with E-state index in [1.54, 1.807) is 0 Å². The second kappa shape index (κ2) is 8.83. The van der Waals surface area contributed by atoms with Gasteiger partial charge in [-0.05, 0) is 53.5 Å². The van der Waals surface area contributed by atoms with E-state index < -0.39 is 0 Å². The zero-order valence-electron chi connectivity index (χ0n) is 16.0. The lowest BCUT2D eigenvalue weighted by Crippen LogP contribution is -2.51. The summed E-state index contributed by atoms with van der Waals surface area (Å²) < 4.78 is 0. The first-order chi connectivity index (χ1) is 13.3. The molecule has 2 aromatic rings. The summed E-state index contributed by atoms with van der Waals surface area (Å²) in [6, 6.07) is 18.2. The summed E-state index contributed by atoms with van der Waals surface area (Å²) in [5.41, 5.74) is 7.14. The fraction of sp³-hybridized carbons (Fsp3) is 0.417. The second-order valence-corrected chi connectivity index (χ2v) is 7.68. The van der Waals surface area contributed by atoms with E-state index in [0.717, 1.165) is 51.9 Å². The Labute approximate surface area is 162 Å². The number of aryl methyl sites for hydroxylation is 2. The maximum atomic E-state index is 9.20. The summed E-state index contributed by atoms with van der Waals surface area (Å²) in [5, 5.41) is 12.7. The monoisotopic (exact) mass is 362 g/mol. The van der Waals surface area contributed by atoms with Crippen LogP contribution in [0.5, 0.6) is 0 Å². The Balaban J connectivity index is 1.53. The molecule has 0 amide bonds. The number of piperazine rings is 1. The van der Waals surface area contributed by atoms with Crippen LogP contribution in [0.4, 0.5) is 0 Å². The Bertz CT molecular complexity index is 747. The van der Waals surface area contributed by atoms with Gasteiger partial charge in [-0.2, -0.15) is 0 Å². The van der Waals surface area contributed by atoms with E-state index in [-0.39, 0.29) is 6.61 Å². The lowest BCUT2D eigenvalue weighted by Gasteiger charge is -2.33. The van der Waals surface area contributed by atoms with Crippen molar-refractivity contribution >= 4 is 5.57 Å². The largest absolute Gasteiger partial charge is 0.396 e. The number of fused-ring (bicyclic) bond motifs is 2. The normalized spacial score (nSPS) is 19.9. The quantitative estimate of drug-likeness (QED) is 0.857. The third-order valence-corrected chi connectivity index (χ3v) is 5.89. The highest BCUT2D eigenvalue weighted by Gasteiger charge is 2.19. The van der Waals surface area contributed by atoms with Crippen molar-refractivity contribution in [2.75, 3.05) is 32.8 Å². The Morgan fingerprint density at radius 2 is 1.67 bits per heavy atom. The first-order valence-electron chi connectivity index (χ1n) is 10.3. The van der Waals surface area contributed by atoms with Crippen LogP contribution in [0, 0.1) is 0 Å². The molecule has 0 bridgehead atoms. The number of benzene rings is 2. The summed E-state index contributed by atoms with van der Waals surface area (Å²) in [4.78, 5) is 2.53. The highest BCUT2D eigenvalue weighted by Crippen LogP contribution is 2.33. The minimum Gasteiger partial charge on any atom is -0.396 e. The molecule has 3 nitrogen and oxygen atoms in total. The molecule has 142 valence electrons. The number of nitrogens with one attached hydrogen (secondary N) is 1. The molecule has 1 aliphatic heterocycles. The number of aliphatic hydroxyl groups is 1. The Morgan fingerprint density at radius 1 is 1.00 bits per heavy atom. The van der Waals surface area contributed by atoms with E-state index in [1.165, 1.54) is 27.8 Å². The van der Waals surface area contributed by atoms with Crippen LogP contribution in [0.25, 0.3) is 5.57 Å². The molecule has 1 unspecified atom stereocenters. The first-order valence-corrected chi connectivity index (χ1v) is 10.3. The van der Waals surface area contributed by atoms with Crippen LogP contribution in [0.2, 0.25) is 0 Å². The van der Waals surface area contributed by atoms with Gasteiger partial charge in [-0.1, -0.05) is 54.6 Å². The molecular formula is C24H30N2O. The van der Waals surface area contributed by atoms with E-state index in [9.17, 15) is 5.11 Å². The molecule has 1 saturated heterocycles. The molecule has 27 heavy (non-hydrogen) atoms. The minimum absolute atomic E-state index is 0.267. The molecule has 0 radical (unpaired) electrons. The van der Waals surface area contributed by atoms with Crippen LogP contribution in [-0.4, -0.2) is 48.8 Å². The fourth-order valence-corrected chi connectivity index (χ4v) is 4.47. The van der Waals surface area contributed by atoms with Gasteiger partial charge in [-0.3, -0.25) is 0 Å². The number of nitrogens with zero attached hydrogens (tertiary/aromatic N) is 1. The van der Waals surface area contributed by atoms with Crippen LogP contribution in [0.3, 0.4) is 0 Å². The van der Waals surface area contributed by atoms with Gasteiger partial charge in [-0.25, -0.2) is 0 Å². The van der Waals surface area contributed by atoms with Crippen LogP contribution < -0.4 is 5.32 Å². The zero-order valence-corrected chi connectivity index (χ0v) is 16.0. The summed E-state index contributed by atoms with van der Waals surface area (Å²) >= 11 is 0. The van der Waals surface area contributed by atoms with Crippen molar-refractivity contribution in [2.45, 2.75) is 31.7 Å². The number of rotatable bonds is 5. The molecule has 3 heteroatoms. The van der Waals surface area contributed by atoms with E-state index >= 15 is 0 Å². The molecule has 0 spiro atoms. The maximum absolute atomic E-state index is 9.20. The van der Waals surface area contributed by atoms with Crippen molar-refractivity contribution in [1.82, 2.24) is 10.2 Å². The predicted octanol–water partition coefficient (Wildman–Crippen LogP) is 3.26. The number of hydrogen-bond acceptors (Lipinski definition) is 3. The molecule has 1 fully saturated rings. The van der Waals surface area contributed by atoms with Crippen molar-refractivity contribution in [3.63, 3.8) is 0 Å². The molecule has 2 aromatic carbocycles.